The Kier molecular flexibility index (Phi) is 4.58. The van der Waals surface area contributed by atoms with Crippen LogP contribution in [0, 0.1) is 0 Å². The van der Waals surface area contributed by atoms with Gasteiger partial charge in [0.1, 0.15) is 16.5 Å². The number of hydrogen-bond acceptors (Lipinski definition) is 5. The number of H-pyrrole nitrogens is 1. The SMILES string of the molecule is CCNc1ncc(S(=O)(=O)NCc2ncc[nH]2)cc1Cl. The summed E-state index contributed by atoms with van der Waals surface area (Å²) in [6, 6.07) is 1.36. The molecule has 0 aromatic carbocycles. The van der Waals surface area contributed by atoms with E-state index in [4.69, 9.17) is 11.6 Å². The molecule has 0 bridgehead atoms. The second-order valence-electron chi connectivity index (χ2n) is 3.89. The predicted octanol–water partition coefficient (Wildman–Crippen LogP) is 1.37. The van der Waals surface area contributed by atoms with Crippen molar-refractivity contribution in [2.75, 3.05) is 11.9 Å². The number of halogens is 1. The van der Waals surface area contributed by atoms with Gasteiger partial charge in [-0.15, -0.1) is 0 Å². The van der Waals surface area contributed by atoms with Gasteiger partial charge in [-0.05, 0) is 13.0 Å². The van der Waals surface area contributed by atoms with Gasteiger partial charge in [-0.3, -0.25) is 0 Å². The summed E-state index contributed by atoms with van der Waals surface area (Å²) >= 11 is 5.98. The maximum absolute atomic E-state index is 12.1. The molecule has 0 aliphatic rings. The lowest BCUT2D eigenvalue weighted by Crippen LogP contribution is -2.24. The van der Waals surface area contributed by atoms with E-state index in [0.29, 0.717) is 18.2 Å². The van der Waals surface area contributed by atoms with Gasteiger partial charge in [0.05, 0.1) is 11.6 Å². The third-order valence-corrected chi connectivity index (χ3v) is 4.11. The van der Waals surface area contributed by atoms with Crippen LogP contribution in [0.1, 0.15) is 12.7 Å². The van der Waals surface area contributed by atoms with E-state index >= 15 is 0 Å². The molecule has 20 heavy (non-hydrogen) atoms. The molecule has 2 rings (SSSR count). The molecular formula is C11H14ClN5O2S. The predicted molar refractivity (Wildman–Crippen MR) is 76.0 cm³/mol. The summed E-state index contributed by atoms with van der Waals surface area (Å²) in [6.45, 7) is 2.62. The first kappa shape index (κ1) is 14.8. The number of imidazole rings is 1. The number of nitrogens with one attached hydrogen (secondary N) is 3. The van der Waals surface area contributed by atoms with E-state index in [1.165, 1.54) is 12.3 Å². The van der Waals surface area contributed by atoms with E-state index in [2.05, 4.69) is 25.0 Å². The molecule has 9 heteroatoms. The Labute approximate surface area is 121 Å². The van der Waals surface area contributed by atoms with Crippen molar-refractivity contribution < 1.29 is 8.42 Å². The lowest BCUT2D eigenvalue weighted by Gasteiger charge is -2.08. The molecule has 7 nitrogen and oxygen atoms in total. The van der Waals surface area contributed by atoms with Crippen molar-refractivity contribution in [3.63, 3.8) is 0 Å². The van der Waals surface area contributed by atoms with Crippen LogP contribution in [0.5, 0.6) is 0 Å². The van der Waals surface area contributed by atoms with Crippen molar-refractivity contribution in [1.82, 2.24) is 19.7 Å². The van der Waals surface area contributed by atoms with Crippen molar-refractivity contribution in [2.24, 2.45) is 0 Å². The minimum absolute atomic E-state index is 0.00992. The minimum Gasteiger partial charge on any atom is -0.369 e. The molecule has 0 saturated heterocycles. The second-order valence-corrected chi connectivity index (χ2v) is 6.07. The number of pyridine rings is 1. The molecule has 0 saturated carbocycles. The molecule has 108 valence electrons. The lowest BCUT2D eigenvalue weighted by molar-refractivity contribution is 0.579. The highest BCUT2D eigenvalue weighted by Gasteiger charge is 2.16. The van der Waals surface area contributed by atoms with Gasteiger partial charge in [-0.2, -0.15) is 0 Å². The normalized spacial score (nSPS) is 11.5. The zero-order valence-electron chi connectivity index (χ0n) is 10.7. The summed E-state index contributed by atoms with van der Waals surface area (Å²) in [5.41, 5.74) is 0. The zero-order valence-corrected chi connectivity index (χ0v) is 12.3. The number of hydrogen-bond donors (Lipinski definition) is 3. The van der Waals surface area contributed by atoms with Crippen molar-refractivity contribution in [1.29, 1.82) is 0 Å². The largest absolute Gasteiger partial charge is 0.369 e. The Morgan fingerprint density at radius 1 is 1.40 bits per heavy atom. The number of anilines is 1. The highest BCUT2D eigenvalue weighted by Crippen LogP contribution is 2.22. The molecule has 0 fully saturated rings. The Morgan fingerprint density at radius 2 is 2.20 bits per heavy atom. The van der Waals surface area contributed by atoms with Crippen molar-refractivity contribution >= 4 is 27.4 Å². The molecule has 3 N–H and O–H groups in total. The zero-order chi connectivity index (χ0) is 14.6. The highest BCUT2D eigenvalue weighted by molar-refractivity contribution is 7.89. The topological polar surface area (TPSA) is 99.8 Å². The van der Waals surface area contributed by atoms with Gasteiger partial charge in [-0.1, -0.05) is 11.6 Å². The van der Waals surface area contributed by atoms with Crippen LogP contribution in [0.25, 0.3) is 0 Å². The molecule has 0 aliphatic carbocycles. The summed E-state index contributed by atoms with van der Waals surface area (Å²) in [7, 11) is -3.68. The van der Waals surface area contributed by atoms with Crippen molar-refractivity contribution in [2.45, 2.75) is 18.4 Å². The van der Waals surface area contributed by atoms with E-state index in [-0.39, 0.29) is 16.5 Å². The number of aromatic nitrogens is 3. The van der Waals surface area contributed by atoms with Crippen molar-refractivity contribution in [3.8, 4) is 0 Å². The standard InChI is InChI=1S/C11H14ClN5O2S/c1-2-13-11-9(12)5-8(6-16-11)20(18,19)17-7-10-14-3-4-15-10/h3-6,17H,2,7H2,1H3,(H,13,16)(H,14,15). The van der Waals surface area contributed by atoms with Gasteiger partial charge in [0.25, 0.3) is 0 Å². The fraction of sp³-hybridized carbons (Fsp3) is 0.273. The number of aromatic amines is 1. The number of rotatable bonds is 6. The average Bonchev–Trinajstić information content (AvgIpc) is 2.92. The summed E-state index contributed by atoms with van der Waals surface area (Å²) < 4.78 is 26.6. The number of nitrogens with zero attached hydrogens (tertiary/aromatic N) is 2. The first-order valence-corrected chi connectivity index (χ1v) is 7.76. The maximum Gasteiger partial charge on any atom is 0.242 e. The molecule has 0 radical (unpaired) electrons. The summed E-state index contributed by atoms with van der Waals surface area (Å²) in [6.07, 6.45) is 4.43. The summed E-state index contributed by atoms with van der Waals surface area (Å²) in [5.74, 6) is 0.982. The van der Waals surface area contributed by atoms with Gasteiger partial charge < -0.3 is 10.3 Å². The van der Waals surface area contributed by atoms with Crippen LogP contribution in [-0.4, -0.2) is 29.9 Å². The first-order chi connectivity index (χ1) is 9.53. The van der Waals surface area contributed by atoms with Gasteiger partial charge in [-0.25, -0.2) is 23.1 Å². The Balaban J connectivity index is 2.14. The second kappa shape index (κ2) is 6.21. The van der Waals surface area contributed by atoms with Crippen LogP contribution in [0.2, 0.25) is 5.02 Å². The molecular weight excluding hydrogens is 302 g/mol. The molecule has 0 aliphatic heterocycles. The quantitative estimate of drug-likeness (QED) is 0.747. The van der Waals surface area contributed by atoms with Crippen molar-refractivity contribution in [3.05, 3.63) is 35.5 Å². The van der Waals surface area contributed by atoms with Gasteiger partial charge in [0.2, 0.25) is 10.0 Å². The monoisotopic (exact) mass is 315 g/mol. The lowest BCUT2D eigenvalue weighted by atomic mass is 10.4. The van der Waals surface area contributed by atoms with Crippen LogP contribution in [-0.2, 0) is 16.6 Å². The first-order valence-electron chi connectivity index (χ1n) is 5.90. The van der Waals surface area contributed by atoms with E-state index < -0.39 is 10.0 Å². The minimum atomic E-state index is -3.68. The van der Waals surface area contributed by atoms with Gasteiger partial charge in [0, 0.05) is 25.1 Å². The Morgan fingerprint density at radius 3 is 2.80 bits per heavy atom. The van der Waals surface area contributed by atoms with E-state index in [9.17, 15) is 8.42 Å². The molecule has 0 spiro atoms. The van der Waals surface area contributed by atoms with Crippen LogP contribution < -0.4 is 10.0 Å². The summed E-state index contributed by atoms with van der Waals surface area (Å²) in [5, 5.41) is 3.19. The third kappa shape index (κ3) is 3.47. The van der Waals surface area contributed by atoms with E-state index in [0.717, 1.165) is 0 Å². The van der Waals surface area contributed by atoms with Crippen LogP contribution in [0.15, 0.2) is 29.6 Å². The molecule has 0 amide bonds. The summed E-state index contributed by atoms with van der Waals surface area (Å²) in [4.78, 5) is 10.7. The van der Waals surface area contributed by atoms with Crippen LogP contribution in [0.4, 0.5) is 5.82 Å². The molecule has 2 aromatic heterocycles. The molecule has 2 aromatic rings. The van der Waals surface area contributed by atoms with Crippen LogP contribution >= 0.6 is 11.6 Å². The Bertz CT molecular complexity index is 672. The smallest absolute Gasteiger partial charge is 0.242 e. The van der Waals surface area contributed by atoms with E-state index in [1.54, 1.807) is 12.4 Å². The Hall–Kier alpha value is -1.64. The van der Waals surface area contributed by atoms with Gasteiger partial charge >= 0.3 is 0 Å². The molecule has 0 unspecified atom stereocenters. The average molecular weight is 316 g/mol. The molecule has 2 heterocycles. The van der Waals surface area contributed by atoms with Gasteiger partial charge in [0.15, 0.2) is 0 Å². The van der Waals surface area contributed by atoms with Crippen LogP contribution in [0.3, 0.4) is 0 Å². The van der Waals surface area contributed by atoms with E-state index in [1.807, 2.05) is 6.92 Å². The fourth-order valence-corrected chi connectivity index (χ4v) is 2.76. The highest BCUT2D eigenvalue weighted by atomic mass is 35.5. The number of sulfonamides is 1. The third-order valence-electron chi connectivity index (χ3n) is 2.46. The maximum atomic E-state index is 12.1. The fourth-order valence-electron chi connectivity index (χ4n) is 1.51. The molecule has 0 atom stereocenters.